The molecule has 0 saturated heterocycles. The summed E-state index contributed by atoms with van der Waals surface area (Å²) < 4.78 is 5.95. The average Bonchev–Trinajstić information content (AvgIpc) is 2.40. The van der Waals surface area contributed by atoms with Crippen LogP contribution in [0.5, 0.6) is 5.88 Å². The van der Waals surface area contributed by atoms with E-state index in [-0.39, 0.29) is 6.10 Å². The van der Waals surface area contributed by atoms with Crippen LogP contribution < -0.4 is 10.1 Å². The van der Waals surface area contributed by atoms with Crippen LogP contribution in [-0.4, -0.2) is 22.6 Å². The molecule has 4 nitrogen and oxygen atoms in total. The molecule has 0 amide bonds. The van der Waals surface area contributed by atoms with Crippen molar-refractivity contribution in [2.75, 3.05) is 11.9 Å². The van der Waals surface area contributed by atoms with Crippen molar-refractivity contribution in [2.45, 2.75) is 52.1 Å². The van der Waals surface area contributed by atoms with Gasteiger partial charge in [0.05, 0.1) is 6.20 Å². The second kappa shape index (κ2) is 6.94. The minimum absolute atomic E-state index is 0.232. The zero-order valence-electron chi connectivity index (χ0n) is 11.7. The number of rotatable bonds is 5. The number of aromatic nitrogens is 2. The number of halogens is 1. The molecule has 0 aliphatic heterocycles. The SMILES string of the molecule is CCCNc1ncc(Cl)c(OC2CCCC(C)C2)n1. The van der Waals surface area contributed by atoms with Gasteiger partial charge in [-0.2, -0.15) is 4.98 Å². The molecule has 1 saturated carbocycles. The Hall–Kier alpha value is -1.03. The smallest absolute Gasteiger partial charge is 0.237 e. The standard InChI is InChI=1S/C14H22ClN3O/c1-3-7-16-14-17-9-12(15)13(18-14)19-11-6-4-5-10(2)8-11/h9-11H,3-8H2,1-2H3,(H,16,17,18). The molecule has 106 valence electrons. The largest absolute Gasteiger partial charge is 0.473 e. The predicted molar refractivity (Wildman–Crippen MR) is 77.9 cm³/mol. The van der Waals surface area contributed by atoms with Gasteiger partial charge < -0.3 is 10.1 Å². The molecule has 1 heterocycles. The molecule has 2 unspecified atom stereocenters. The van der Waals surface area contributed by atoms with Gasteiger partial charge in [0.1, 0.15) is 11.1 Å². The van der Waals surface area contributed by atoms with E-state index >= 15 is 0 Å². The first-order valence-electron chi connectivity index (χ1n) is 7.12. The predicted octanol–water partition coefficient (Wildman–Crippen LogP) is 3.91. The highest BCUT2D eigenvalue weighted by Crippen LogP contribution is 2.29. The molecular weight excluding hydrogens is 262 g/mol. The summed E-state index contributed by atoms with van der Waals surface area (Å²) in [7, 11) is 0. The van der Waals surface area contributed by atoms with E-state index in [0.29, 0.717) is 16.9 Å². The maximum absolute atomic E-state index is 6.11. The van der Waals surface area contributed by atoms with Crippen LogP contribution in [0.2, 0.25) is 5.02 Å². The molecule has 0 spiro atoms. The van der Waals surface area contributed by atoms with E-state index in [4.69, 9.17) is 16.3 Å². The quantitative estimate of drug-likeness (QED) is 0.890. The fraction of sp³-hybridized carbons (Fsp3) is 0.714. The lowest BCUT2D eigenvalue weighted by Gasteiger charge is -2.27. The van der Waals surface area contributed by atoms with Crippen molar-refractivity contribution >= 4 is 17.5 Å². The molecule has 2 rings (SSSR count). The number of hydrogen-bond acceptors (Lipinski definition) is 4. The lowest BCUT2D eigenvalue weighted by Crippen LogP contribution is -2.24. The summed E-state index contributed by atoms with van der Waals surface area (Å²) in [6.07, 6.45) is 7.54. The number of nitrogens with one attached hydrogen (secondary N) is 1. The summed E-state index contributed by atoms with van der Waals surface area (Å²) in [6.45, 7) is 5.22. The first-order valence-corrected chi connectivity index (χ1v) is 7.50. The van der Waals surface area contributed by atoms with Gasteiger partial charge >= 0.3 is 0 Å². The van der Waals surface area contributed by atoms with E-state index in [1.807, 2.05) is 0 Å². The third kappa shape index (κ3) is 4.23. The summed E-state index contributed by atoms with van der Waals surface area (Å²) >= 11 is 6.11. The summed E-state index contributed by atoms with van der Waals surface area (Å²) in [5.41, 5.74) is 0. The van der Waals surface area contributed by atoms with Crippen molar-refractivity contribution in [3.05, 3.63) is 11.2 Å². The van der Waals surface area contributed by atoms with Crippen LogP contribution in [0.4, 0.5) is 5.95 Å². The molecule has 0 aromatic carbocycles. The normalized spacial score (nSPS) is 23.1. The molecule has 1 aromatic rings. The fourth-order valence-corrected chi connectivity index (χ4v) is 2.54. The Morgan fingerprint density at radius 2 is 2.32 bits per heavy atom. The zero-order valence-corrected chi connectivity index (χ0v) is 12.4. The number of anilines is 1. The highest BCUT2D eigenvalue weighted by Gasteiger charge is 2.21. The highest BCUT2D eigenvalue weighted by atomic mass is 35.5. The van der Waals surface area contributed by atoms with Gasteiger partial charge in [0.15, 0.2) is 0 Å². The zero-order chi connectivity index (χ0) is 13.7. The summed E-state index contributed by atoms with van der Waals surface area (Å²) in [5, 5.41) is 3.63. The van der Waals surface area contributed by atoms with E-state index in [2.05, 4.69) is 29.1 Å². The Morgan fingerprint density at radius 3 is 3.05 bits per heavy atom. The van der Waals surface area contributed by atoms with Crippen LogP contribution in [0.15, 0.2) is 6.20 Å². The first kappa shape index (κ1) is 14.4. The number of ether oxygens (including phenoxy) is 1. The van der Waals surface area contributed by atoms with Gasteiger partial charge in [-0.3, -0.25) is 0 Å². The van der Waals surface area contributed by atoms with Crippen molar-refractivity contribution < 1.29 is 4.74 Å². The van der Waals surface area contributed by atoms with Crippen LogP contribution in [0, 0.1) is 5.92 Å². The number of hydrogen-bond donors (Lipinski definition) is 1. The topological polar surface area (TPSA) is 47.0 Å². The van der Waals surface area contributed by atoms with Crippen molar-refractivity contribution in [3.8, 4) is 5.88 Å². The van der Waals surface area contributed by atoms with E-state index in [9.17, 15) is 0 Å². The summed E-state index contributed by atoms with van der Waals surface area (Å²) in [4.78, 5) is 8.50. The molecule has 1 aliphatic carbocycles. The molecular formula is C14H22ClN3O. The monoisotopic (exact) mass is 283 g/mol. The van der Waals surface area contributed by atoms with Gasteiger partial charge in [0.2, 0.25) is 11.8 Å². The second-order valence-electron chi connectivity index (χ2n) is 5.29. The molecule has 0 radical (unpaired) electrons. The molecule has 0 bridgehead atoms. The van der Waals surface area contributed by atoms with Crippen LogP contribution in [0.25, 0.3) is 0 Å². The molecule has 1 fully saturated rings. The fourth-order valence-electron chi connectivity index (χ4n) is 2.40. The Morgan fingerprint density at radius 1 is 1.47 bits per heavy atom. The van der Waals surface area contributed by atoms with Gasteiger partial charge in [-0.25, -0.2) is 4.98 Å². The van der Waals surface area contributed by atoms with Gasteiger partial charge in [0.25, 0.3) is 0 Å². The Balaban J connectivity index is 2.01. The van der Waals surface area contributed by atoms with E-state index in [0.717, 1.165) is 31.7 Å². The minimum Gasteiger partial charge on any atom is -0.473 e. The Labute approximate surface area is 119 Å². The minimum atomic E-state index is 0.232. The second-order valence-corrected chi connectivity index (χ2v) is 5.69. The van der Waals surface area contributed by atoms with Gasteiger partial charge in [0, 0.05) is 6.54 Å². The van der Waals surface area contributed by atoms with Crippen LogP contribution >= 0.6 is 11.6 Å². The summed E-state index contributed by atoms with van der Waals surface area (Å²) in [6, 6.07) is 0. The van der Waals surface area contributed by atoms with Gasteiger partial charge in [-0.05, 0) is 31.6 Å². The lowest BCUT2D eigenvalue weighted by molar-refractivity contribution is 0.124. The third-order valence-electron chi connectivity index (χ3n) is 3.41. The maximum Gasteiger partial charge on any atom is 0.237 e. The molecule has 5 heteroatoms. The maximum atomic E-state index is 6.11. The molecule has 1 N–H and O–H groups in total. The van der Waals surface area contributed by atoms with Crippen molar-refractivity contribution in [2.24, 2.45) is 5.92 Å². The van der Waals surface area contributed by atoms with E-state index in [1.165, 1.54) is 12.8 Å². The van der Waals surface area contributed by atoms with Crippen LogP contribution in [-0.2, 0) is 0 Å². The summed E-state index contributed by atoms with van der Waals surface area (Å²) in [5.74, 6) is 1.82. The molecule has 19 heavy (non-hydrogen) atoms. The third-order valence-corrected chi connectivity index (χ3v) is 3.67. The average molecular weight is 284 g/mol. The van der Waals surface area contributed by atoms with Crippen molar-refractivity contribution in [1.82, 2.24) is 9.97 Å². The van der Waals surface area contributed by atoms with Gasteiger partial charge in [-0.1, -0.05) is 31.9 Å². The Kier molecular flexibility index (Phi) is 5.25. The first-order chi connectivity index (χ1) is 9.19. The number of nitrogens with zero attached hydrogens (tertiary/aromatic N) is 2. The van der Waals surface area contributed by atoms with Crippen molar-refractivity contribution in [3.63, 3.8) is 0 Å². The molecule has 1 aliphatic rings. The van der Waals surface area contributed by atoms with Gasteiger partial charge in [-0.15, -0.1) is 0 Å². The molecule has 1 aromatic heterocycles. The van der Waals surface area contributed by atoms with Crippen LogP contribution in [0.3, 0.4) is 0 Å². The Bertz CT molecular complexity index is 414. The van der Waals surface area contributed by atoms with E-state index in [1.54, 1.807) is 6.20 Å². The highest BCUT2D eigenvalue weighted by molar-refractivity contribution is 6.31. The molecule has 2 atom stereocenters. The van der Waals surface area contributed by atoms with Crippen LogP contribution in [0.1, 0.15) is 46.0 Å². The van der Waals surface area contributed by atoms with Crippen molar-refractivity contribution in [1.29, 1.82) is 0 Å². The van der Waals surface area contributed by atoms with E-state index < -0.39 is 0 Å². The lowest BCUT2D eigenvalue weighted by atomic mass is 9.89.